The molecule has 0 spiro atoms. The van der Waals surface area contributed by atoms with Gasteiger partial charge in [0.1, 0.15) is 17.4 Å². The van der Waals surface area contributed by atoms with Crippen molar-refractivity contribution in [3.63, 3.8) is 0 Å². The van der Waals surface area contributed by atoms with Gasteiger partial charge in [0.2, 0.25) is 5.91 Å². The highest BCUT2D eigenvalue weighted by molar-refractivity contribution is 5.83. The van der Waals surface area contributed by atoms with Gasteiger partial charge < -0.3 is 14.2 Å². The number of fused-ring (bicyclic) bond motifs is 3. The number of nitrogens with zero attached hydrogens (tertiary/aromatic N) is 5. The average molecular weight is 487 g/mol. The highest BCUT2D eigenvalue weighted by Crippen LogP contribution is 2.32. The molecule has 1 atom stereocenters. The molecule has 0 saturated carbocycles. The molecule has 0 unspecified atom stereocenters. The lowest BCUT2D eigenvalue weighted by atomic mass is 10.1. The molecule has 3 aromatic heterocycles. The largest absolute Gasteiger partial charge is 0.463 e. The second-order valence-electron chi connectivity index (χ2n) is 8.59. The number of carbonyl (C=O) groups is 1. The van der Waals surface area contributed by atoms with E-state index in [1.165, 1.54) is 10.7 Å². The number of alkyl halides is 3. The molecule has 184 valence electrons. The minimum absolute atomic E-state index is 0.259. The lowest BCUT2D eigenvalue weighted by Crippen LogP contribution is -2.51. The summed E-state index contributed by atoms with van der Waals surface area (Å²) in [5.41, 5.74) is 1.08. The van der Waals surface area contributed by atoms with Crippen LogP contribution in [0.5, 0.6) is 0 Å². The van der Waals surface area contributed by atoms with E-state index in [1.807, 2.05) is 11.8 Å². The van der Waals surface area contributed by atoms with Crippen LogP contribution in [0.15, 0.2) is 51.9 Å². The third-order valence-electron chi connectivity index (χ3n) is 6.50. The van der Waals surface area contributed by atoms with Crippen LogP contribution >= 0.6 is 0 Å². The molecule has 11 heteroatoms. The maximum atomic E-state index is 13.3. The summed E-state index contributed by atoms with van der Waals surface area (Å²) in [5.74, 6) is 0.370. The van der Waals surface area contributed by atoms with Crippen LogP contribution in [0.4, 0.5) is 18.9 Å². The standard InChI is InChI=1S/C24H24F3N5O3/c1-3-21-28-32(23(34)19-14-20-18(31(19)21)7-12-35-20)15(2)22(33)30-10-8-29(9-11-30)17-6-4-5-16(13-17)24(25,26)27/h4-7,12-15H,3,8-11H2,1-2H3/t15-/m0/s1. The van der Waals surface area contributed by atoms with Crippen molar-refractivity contribution in [1.29, 1.82) is 0 Å². The van der Waals surface area contributed by atoms with Crippen molar-refractivity contribution in [2.75, 3.05) is 31.1 Å². The number of furan rings is 1. The van der Waals surface area contributed by atoms with E-state index >= 15 is 0 Å². The van der Waals surface area contributed by atoms with E-state index in [4.69, 9.17) is 4.42 Å². The van der Waals surface area contributed by atoms with Gasteiger partial charge in [0.05, 0.1) is 17.3 Å². The molecule has 4 heterocycles. The molecular weight excluding hydrogens is 463 g/mol. The van der Waals surface area contributed by atoms with Crippen molar-refractivity contribution in [2.45, 2.75) is 32.5 Å². The first-order valence-corrected chi connectivity index (χ1v) is 11.4. The first-order chi connectivity index (χ1) is 16.7. The number of rotatable bonds is 4. The molecule has 0 radical (unpaired) electrons. The number of hydrogen-bond acceptors (Lipinski definition) is 5. The number of hydrogen-bond donors (Lipinski definition) is 0. The summed E-state index contributed by atoms with van der Waals surface area (Å²) in [6, 6.07) is 7.77. The molecule has 4 aromatic rings. The van der Waals surface area contributed by atoms with Gasteiger partial charge in [-0.2, -0.15) is 18.3 Å². The van der Waals surface area contributed by atoms with Crippen LogP contribution in [0.3, 0.4) is 0 Å². The van der Waals surface area contributed by atoms with E-state index in [9.17, 15) is 22.8 Å². The fraction of sp³-hybridized carbons (Fsp3) is 0.375. The Morgan fingerprint density at radius 1 is 1.11 bits per heavy atom. The van der Waals surface area contributed by atoms with Crippen molar-refractivity contribution in [2.24, 2.45) is 0 Å². The second kappa shape index (κ2) is 8.47. The Morgan fingerprint density at radius 2 is 1.86 bits per heavy atom. The van der Waals surface area contributed by atoms with Crippen LogP contribution in [0.25, 0.3) is 16.6 Å². The molecule has 1 aromatic carbocycles. The van der Waals surface area contributed by atoms with Gasteiger partial charge >= 0.3 is 6.18 Å². The lowest BCUT2D eigenvalue weighted by Gasteiger charge is -2.37. The number of amides is 1. The van der Waals surface area contributed by atoms with Gasteiger partial charge in [0.15, 0.2) is 5.58 Å². The van der Waals surface area contributed by atoms with Crippen LogP contribution in [0, 0.1) is 0 Å². The zero-order chi connectivity index (χ0) is 24.9. The van der Waals surface area contributed by atoms with Crippen molar-refractivity contribution >= 4 is 28.2 Å². The molecule has 5 rings (SSSR count). The zero-order valence-corrected chi connectivity index (χ0v) is 19.2. The molecule has 0 bridgehead atoms. The van der Waals surface area contributed by atoms with Crippen LogP contribution in [-0.4, -0.2) is 51.2 Å². The summed E-state index contributed by atoms with van der Waals surface area (Å²) >= 11 is 0. The molecule has 0 N–H and O–H groups in total. The molecule has 1 fully saturated rings. The Labute approximate surface area is 198 Å². The Kier molecular flexibility index (Phi) is 5.57. The van der Waals surface area contributed by atoms with E-state index in [2.05, 4.69) is 5.10 Å². The Balaban J connectivity index is 1.36. The van der Waals surface area contributed by atoms with E-state index in [-0.39, 0.29) is 5.91 Å². The predicted molar refractivity (Wildman–Crippen MR) is 124 cm³/mol. The quantitative estimate of drug-likeness (QED) is 0.439. The summed E-state index contributed by atoms with van der Waals surface area (Å²) in [7, 11) is 0. The maximum absolute atomic E-state index is 13.3. The summed E-state index contributed by atoms with van der Waals surface area (Å²) in [6.07, 6.45) is -2.32. The topological polar surface area (TPSA) is 76.0 Å². The number of aryl methyl sites for hydroxylation is 1. The smallest absolute Gasteiger partial charge is 0.416 e. The molecule has 1 aliphatic heterocycles. The summed E-state index contributed by atoms with van der Waals surface area (Å²) in [6.45, 7) is 4.98. The van der Waals surface area contributed by atoms with Crippen molar-refractivity contribution < 1.29 is 22.4 Å². The minimum Gasteiger partial charge on any atom is -0.463 e. The normalized spacial score (nSPS) is 15.8. The molecular formula is C24H24F3N5O3. The van der Waals surface area contributed by atoms with Crippen LogP contribution in [0.2, 0.25) is 0 Å². The number of aromatic nitrogens is 3. The van der Waals surface area contributed by atoms with Gasteiger partial charge in [-0.25, -0.2) is 4.68 Å². The van der Waals surface area contributed by atoms with Gasteiger partial charge in [-0.05, 0) is 25.1 Å². The zero-order valence-electron chi connectivity index (χ0n) is 19.2. The monoisotopic (exact) mass is 487 g/mol. The van der Waals surface area contributed by atoms with Crippen molar-refractivity contribution in [3.05, 3.63) is 64.4 Å². The number of carbonyl (C=O) groups excluding carboxylic acids is 1. The van der Waals surface area contributed by atoms with Crippen LogP contribution < -0.4 is 10.5 Å². The summed E-state index contributed by atoms with van der Waals surface area (Å²) in [5, 5.41) is 4.49. The average Bonchev–Trinajstić information content (AvgIpc) is 3.45. The Hall–Kier alpha value is -3.76. The highest BCUT2D eigenvalue weighted by atomic mass is 19.4. The summed E-state index contributed by atoms with van der Waals surface area (Å²) < 4.78 is 47.6. The molecule has 35 heavy (non-hydrogen) atoms. The number of anilines is 1. The van der Waals surface area contributed by atoms with Gasteiger partial charge in [0, 0.05) is 50.4 Å². The number of halogens is 3. The molecule has 1 aliphatic rings. The van der Waals surface area contributed by atoms with E-state index in [1.54, 1.807) is 40.7 Å². The molecule has 1 amide bonds. The van der Waals surface area contributed by atoms with E-state index in [0.29, 0.717) is 55.2 Å². The van der Waals surface area contributed by atoms with Gasteiger partial charge in [-0.3, -0.25) is 14.0 Å². The third-order valence-corrected chi connectivity index (χ3v) is 6.50. The highest BCUT2D eigenvalue weighted by Gasteiger charge is 2.32. The van der Waals surface area contributed by atoms with Gasteiger partial charge in [-0.1, -0.05) is 13.0 Å². The molecule has 8 nitrogen and oxygen atoms in total. The Morgan fingerprint density at radius 3 is 2.54 bits per heavy atom. The van der Waals surface area contributed by atoms with E-state index in [0.717, 1.165) is 17.6 Å². The fourth-order valence-corrected chi connectivity index (χ4v) is 4.62. The maximum Gasteiger partial charge on any atom is 0.416 e. The van der Waals surface area contributed by atoms with Crippen molar-refractivity contribution in [3.8, 4) is 0 Å². The molecule has 0 aliphatic carbocycles. The number of piperazine rings is 1. The second-order valence-corrected chi connectivity index (χ2v) is 8.59. The van der Waals surface area contributed by atoms with Gasteiger partial charge in [0.25, 0.3) is 5.56 Å². The van der Waals surface area contributed by atoms with Crippen molar-refractivity contribution in [1.82, 2.24) is 19.1 Å². The first kappa shape index (κ1) is 23.0. The first-order valence-electron chi connectivity index (χ1n) is 11.4. The lowest BCUT2D eigenvalue weighted by molar-refractivity contribution is -0.137. The SMILES string of the molecule is CCc1nn([C@@H](C)C(=O)N2CCN(c3cccc(C(F)(F)F)c3)CC2)c(=O)c2cc3occc3n12. The minimum atomic E-state index is -4.41. The van der Waals surface area contributed by atoms with Gasteiger partial charge in [-0.15, -0.1) is 0 Å². The predicted octanol–water partition coefficient (Wildman–Crippen LogP) is 3.73. The Bertz CT molecular complexity index is 1460. The molecule has 1 saturated heterocycles. The number of benzene rings is 1. The summed E-state index contributed by atoms with van der Waals surface area (Å²) in [4.78, 5) is 29.9. The van der Waals surface area contributed by atoms with Crippen LogP contribution in [-0.2, 0) is 17.4 Å². The van der Waals surface area contributed by atoms with E-state index < -0.39 is 23.3 Å². The van der Waals surface area contributed by atoms with Crippen LogP contribution in [0.1, 0.15) is 31.3 Å². The fourth-order valence-electron chi connectivity index (χ4n) is 4.62. The third kappa shape index (κ3) is 3.94.